The highest BCUT2D eigenvalue weighted by atomic mass is 14.9. The summed E-state index contributed by atoms with van der Waals surface area (Å²) in [7, 11) is 0. The Morgan fingerprint density at radius 3 is 2.48 bits per heavy atom. The van der Waals surface area contributed by atoms with Crippen LogP contribution in [0.1, 0.15) is 65.1 Å². The van der Waals surface area contributed by atoms with Crippen molar-refractivity contribution in [2.75, 3.05) is 11.9 Å². The number of rotatable bonds is 4. The van der Waals surface area contributed by atoms with E-state index < -0.39 is 0 Å². The van der Waals surface area contributed by atoms with E-state index in [0.29, 0.717) is 5.92 Å². The van der Waals surface area contributed by atoms with Crippen LogP contribution in [0.25, 0.3) is 10.9 Å². The maximum Gasteiger partial charge on any atom is 0.0763 e. The number of fused-ring (bicyclic) bond motifs is 1. The van der Waals surface area contributed by atoms with E-state index in [9.17, 15) is 0 Å². The lowest BCUT2D eigenvalue weighted by Crippen LogP contribution is -2.13. The van der Waals surface area contributed by atoms with Gasteiger partial charge in [-0.1, -0.05) is 59.7 Å². The fourth-order valence-corrected chi connectivity index (χ4v) is 2.58. The first kappa shape index (κ1) is 15.8. The smallest absolute Gasteiger partial charge is 0.0763 e. The fourth-order valence-electron chi connectivity index (χ4n) is 2.58. The normalized spacial score (nSPS) is 12.1. The minimum atomic E-state index is 0.101. The van der Waals surface area contributed by atoms with E-state index in [-0.39, 0.29) is 5.41 Å². The first-order valence-corrected chi connectivity index (χ1v) is 8.02. The lowest BCUT2D eigenvalue weighted by molar-refractivity contribution is 0.594. The van der Waals surface area contributed by atoms with Crippen molar-refractivity contribution in [3.05, 3.63) is 35.5 Å². The molecule has 0 saturated carbocycles. The van der Waals surface area contributed by atoms with Crippen molar-refractivity contribution in [3.8, 4) is 0 Å². The molecule has 1 aromatic heterocycles. The highest BCUT2D eigenvalue weighted by Gasteiger charge is 2.19. The van der Waals surface area contributed by atoms with Gasteiger partial charge in [0.2, 0.25) is 0 Å². The lowest BCUT2D eigenvalue weighted by atomic mass is 9.85. The summed E-state index contributed by atoms with van der Waals surface area (Å²) in [6, 6.07) is 8.76. The third kappa shape index (κ3) is 3.37. The molecule has 0 unspecified atom stereocenters. The van der Waals surface area contributed by atoms with Crippen LogP contribution in [0.4, 0.5) is 5.69 Å². The molecule has 0 saturated heterocycles. The van der Waals surface area contributed by atoms with Gasteiger partial charge in [-0.25, -0.2) is 0 Å². The third-order valence-electron chi connectivity index (χ3n) is 3.82. The van der Waals surface area contributed by atoms with E-state index in [4.69, 9.17) is 4.98 Å². The Hall–Kier alpha value is -1.57. The molecule has 114 valence electrons. The molecule has 0 amide bonds. The lowest BCUT2D eigenvalue weighted by Gasteiger charge is -2.22. The predicted octanol–water partition coefficient (Wildman–Crippen LogP) is 5.48. The van der Waals surface area contributed by atoms with E-state index in [2.05, 4.69) is 71.1 Å². The molecule has 0 bridgehead atoms. The number of hydrogen-bond acceptors (Lipinski definition) is 2. The zero-order chi connectivity index (χ0) is 15.6. The number of para-hydroxylation sites is 1. The minimum absolute atomic E-state index is 0.101. The molecule has 1 heterocycles. The molecule has 1 aromatic carbocycles. The molecule has 0 radical (unpaired) electrons. The molecule has 0 atom stereocenters. The fraction of sp³-hybridized carbons (Fsp3) is 0.526. The van der Waals surface area contributed by atoms with Gasteiger partial charge >= 0.3 is 0 Å². The van der Waals surface area contributed by atoms with Gasteiger partial charge in [0.15, 0.2) is 0 Å². The third-order valence-corrected chi connectivity index (χ3v) is 3.82. The number of pyridine rings is 1. The van der Waals surface area contributed by atoms with Gasteiger partial charge < -0.3 is 5.32 Å². The van der Waals surface area contributed by atoms with Crippen molar-refractivity contribution >= 4 is 16.6 Å². The van der Waals surface area contributed by atoms with Gasteiger partial charge in [0.1, 0.15) is 0 Å². The standard InChI is InChI=1S/C19H28N2/c1-7-11-20-17-12-16(13(2)3)21-18-14(17)9-8-10-15(18)19(4,5)6/h8-10,12-13H,7,11H2,1-6H3,(H,20,21). The van der Waals surface area contributed by atoms with E-state index in [1.807, 2.05) is 0 Å². The number of anilines is 1. The summed E-state index contributed by atoms with van der Waals surface area (Å²) in [6.07, 6.45) is 1.12. The Morgan fingerprint density at radius 1 is 1.19 bits per heavy atom. The largest absolute Gasteiger partial charge is 0.384 e. The average Bonchev–Trinajstić information content (AvgIpc) is 2.42. The van der Waals surface area contributed by atoms with Crippen LogP contribution in [0.5, 0.6) is 0 Å². The molecule has 0 fully saturated rings. The second kappa shape index (κ2) is 6.05. The zero-order valence-corrected chi connectivity index (χ0v) is 14.2. The molecule has 2 aromatic rings. The van der Waals surface area contributed by atoms with Crippen molar-refractivity contribution in [2.45, 2.75) is 59.3 Å². The summed E-state index contributed by atoms with van der Waals surface area (Å²) in [5.41, 5.74) is 4.95. The van der Waals surface area contributed by atoms with Gasteiger partial charge in [0.25, 0.3) is 0 Å². The first-order chi connectivity index (χ1) is 9.84. The second-order valence-electron chi connectivity index (χ2n) is 7.13. The van der Waals surface area contributed by atoms with Crippen molar-refractivity contribution in [3.63, 3.8) is 0 Å². The van der Waals surface area contributed by atoms with Crippen LogP contribution in [0, 0.1) is 0 Å². The molecule has 2 rings (SSSR count). The Labute approximate surface area is 129 Å². The molecule has 2 heteroatoms. The average molecular weight is 284 g/mol. The SMILES string of the molecule is CCCNc1cc(C(C)C)nc2c(C(C)(C)C)cccc12. The van der Waals surface area contributed by atoms with E-state index >= 15 is 0 Å². The minimum Gasteiger partial charge on any atom is -0.384 e. The van der Waals surface area contributed by atoms with Gasteiger partial charge in [-0.3, -0.25) is 4.98 Å². The Morgan fingerprint density at radius 2 is 1.90 bits per heavy atom. The number of aromatic nitrogens is 1. The zero-order valence-electron chi connectivity index (χ0n) is 14.2. The maximum absolute atomic E-state index is 4.97. The van der Waals surface area contributed by atoms with Crippen LogP contribution in [0.15, 0.2) is 24.3 Å². The van der Waals surface area contributed by atoms with Crippen LogP contribution < -0.4 is 5.32 Å². The van der Waals surface area contributed by atoms with Gasteiger partial charge in [0.05, 0.1) is 5.52 Å². The van der Waals surface area contributed by atoms with Gasteiger partial charge in [-0.15, -0.1) is 0 Å². The Balaban J connectivity index is 2.72. The van der Waals surface area contributed by atoms with Crippen LogP contribution in [0.3, 0.4) is 0 Å². The molecule has 0 spiro atoms. The molecule has 0 aliphatic rings. The number of hydrogen-bond donors (Lipinski definition) is 1. The summed E-state index contributed by atoms with van der Waals surface area (Å²) in [5.74, 6) is 0.435. The number of nitrogens with one attached hydrogen (secondary N) is 1. The van der Waals surface area contributed by atoms with Crippen LogP contribution in [-0.2, 0) is 5.41 Å². The van der Waals surface area contributed by atoms with Crippen molar-refractivity contribution in [1.82, 2.24) is 4.98 Å². The summed E-state index contributed by atoms with van der Waals surface area (Å²) < 4.78 is 0. The molecule has 0 aliphatic heterocycles. The van der Waals surface area contributed by atoms with Crippen LogP contribution in [-0.4, -0.2) is 11.5 Å². The maximum atomic E-state index is 4.97. The summed E-state index contributed by atoms with van der Waals surface area (Å²) in [6.45, 7) is 14.4. The van der Waals surface area contributed by atoms with Crippen molar-refractivity contribution in [1.29, 1.82) is 0 Å². The first-order valence-electron chi connectivity index (χ1n) is 8.02. The van der Waals surface area contributed by atoms with E-state index in [1.54, 1.807) is 0 Å². The highest BCUT2D eigenvalue weighted by Crippen LogP contribution is 2.33. The molecule has 0 aliphatic carbocycles. The highest BCUT2D eigenvalue weighted by molar-refractivity contribution is 5.94. The van der Waals surface area contributed by atoms with Gasteiger partial charge in [-0.05, 0) is 29.4 Å². The van der Waals surface area contributed by atoms with Crippen molar-refractivity contribution < 1.29 is 0 Å². The molecular formula is C19H28N2. The number of benzene rings is 1. The topological polar surface area (TPSA) is 24.9 Å². The quantitative estimate of drug-likeness (QED) is 0.804. The summed E-state index contributed by atoms with van der Waals surface area (Å²) in [5, 5.41) is 4.81. The second-order valence-corrected chi connectivity index (χ2v) is 7.13. The molecule has 2 nitrogen and oxygen atoms in total. The van der Waals surface area contributed by atoms with Crippen LogP contribution in [0.2, 0.25) is 0 Å². The Kier molecular flexibility index (Phi) is 4.55. The predicted molar refractivity (Wildman–Crippen MR) is 93.3 cm³/mol. The van der Waals surface area contributed by atoms with Crippen LogP contribution >= 0.6 is 0 Å². The van der Waals surface area contributed by atoms with E-state index in [0.717, 1.165) is 24.2 Å². The summed E-state index contributed by atoms with van der Waals surface area (Å²) >= 11 is 0. The molecule has 1 N–H and O–H groups in total. The van der Waals surface area contributed by atoms with Gasteiger partial charge in [-0.2, -0.15) is 0 Å². The monoisotopic (exact) mass is 284 g/mol. The Bertz CT molecular complexity index is 621. The van der Waals surface area contributed by atoms with Gasteiger partial charge in [0, 0.05) is 23.3 Å². The molecular weight excluding hydrogens is 256 g/mol. The number of nitrogens with zero attached hydrogens (tertiary/aromatic N) is 1. The molecule has 21 heavy (non-hydrogen) atoms. The van der Waals surface area contributed by atoms with Crippen molar-refractivity contribution in [2.24, 2.45) is 0 Å². The summed E-state index contributed by atoms with van der Waals surface area (Å²) in [4.78, 5) is 4.97. The van der Waals surface area contributed by atoms with E-state index in [1.165, 1.54) is 16.6 Å².